The number of anilines is 1. The topological polar surface area (TPSA) is 12.0 Å². The van der Waals surface area contributed by atoms with Gasteiger partial charge >= 0.3 is 0 Å². The van der Waals surface area contributed by atoms with E-state index in [-0.39, 0.29) is 0 Å². The van der Waals surface area contributed by atoms with Crippen molar-refractivity contribution in [3.8, 4) is 0 Å². The predicted octanol–water partition coefficient (Wildman–Crippen LogP) is 4.42. The minimum atomic E-state index is 0.705. The second-order valence-electron chi connectivity index (χ2n) is 3.45. The highest BCUT2D eigenvalue weighted by molar-refractivity contribution is 6.32. The number of halogens is 1. The van der Waals surface area contributed by atoms with Crippen LogP contribution in [-0.2, 0) is 0 Å². The van der Waals surface area contributed by atoms with Crippen LogP contribution in [0.25, 0.3) is 5.70 Å². The van der Waals surface area contributed by atoms with E-state index in [2.05, 4.69) is 11.9 Å². The number of benzene rings is 2. The first-order valence-electron chi connectivity index (χ1n) is 5.03. The maximum atomic E-state index is 6.08. The molecular formula is C14H12ClN. The van der Waals surface area contributed by atoms with Crippen LogP contribution in [0.5, 0.6) is 0 Å². The van der Waals surface area contributed by atoms with Crippen molar-refractivity contribution < 1.29 is 0 Å². The average Bonchev–Trinajstić information content (AvgIpc) is 2.31. The molecule has 0 unspecified atom stereocenters. The van der Waals surface area contributed by atoms with Crippen LogP contribution in [0, 0.1) is 0 Å². The van der Waals surface area contributed by atoms with Crippen molar-refractivity contribution in [2.75, 3.05) is 5.32 Å². The fraction of sp³-hybridized carbons (Fsp3) is 0. The first-order chi connectivity index (χ1) is 7.77. The molecule has 2 heteroatoms. The van der Waals surface area contributed by atoms with Gasteiger partial charge in [-0.1, -0.05) is 54.6 Å². The highest BCUT2D eigenvalue weighted by Gasteiger charge is 2.02. The van der Waals surface area contributed by atoms with Crippen molar-refractivity contribution >= 4 is 23.0 Å². The van der Waals surface area contributed by atoms with Crippen molar-refractivity contribution in [3.05, 3.63) is 71.8 Å². The molecule has 0 saturated heterocycles. The number of nitrogens with one attached hydrogen (secondary N) is 1. The fourth-order valence-corrected chi connectivity index (χ4v) is 1.72. The first kappa shape index (κ1) is 10.8. The average molecular weight is 230 g/mol. The lowest BCUT2D eigenvalue weighted by molar-refractivity contribution is 1.54. The van der Waals surface area contributed by atoms with E-state index in [1.807, 2.05) is 54.6 Å². The van der Waals surface area contributed by atoms with Gasteiger partial charge in [0.25, 0.3) is 0 Å². The summed E-state index contributed by atoms with van der Waals surface area (Å²) in [7, 11) is 0. The molecule has 0 atom stereocenters. The van der Waals surface area contributed by atoms with E-state index in [4.69, 9.17) is 11.6 Å². The molecule has 0 bridgehead atoms. The standard InChI is InChI=1S/C14H12ClN/c1-11(13-9-5-6-10-14(13)15)16-12-7-3-2-4-8-12/h2-10,16H,1H2. The highest BCUT2D eigenvalue weighted by Crippen LogP contribution is 2.23. The summed E-state index contributed by atoms with van der Waals surface area (Å²) in [6.07, 6.45) is 0. The molecule has 0 saturated carbocycles. The van der Waals surface area contributed by atoms with Crippen molar-refractivity contribution in [2.45, 2.75) is 0 Å². The zero-order valence-corrected chi connectivity index (χ0v) is 9.54. The minimum absolute atomic E-state index is 0.705. The van der Waals surface area contributed by atoms with Crippen molar-refractivity contribution in [1.82, 2.24) is 0 Å². The van der Waals surface area contributed by atoms with E-state index < -0.39 is 0 Å². The lowest BCUT2D eigenvalue weighted by atomic mass is 10.1. The summed E-state index contributed by atoms with van der Waals surface area (Å²) in [5, 5.41) is 3.92. The largest absolute Gasteiger partial charge is 0.355 e. The maximum absolute atomic E-state index is 6.08. The summed E-state index contributed by atoms with van der Waals surface area (Å²) in [5.41, 5.74) is 2.73. The predicted molar refractivity (Wildman–Crippen MR) is 70.6 cm³/mol. The number of para-hydroxylation sites is 1. The summed E-state index contributed by atoms with van der Waals surface area (Å²) in [5.74, 6) is 0. The van der Waals surface area contributed by atoms with Gasteiger partial charge in [0.2, 0.25) is 0 Å². The Labute approximate surface area is 100 Å². The van der Waals surface area contributed by atoms with Crippen LogP contribution in [0.2, 0.25) is 5.02 Å². The summed E-state index contributed by atoms with van der Waals surface area (Å²) < 4.78 is 0. The molecule has 2 rings (SSSR count). The Morgan fingerprint density at radius 3 is 2.25 bits per heavy atom. The molecular weight excluding hydrogens is 218 g/mol. The van der Waals surface area contributed by atoms with Crippen molar-refractivity contribution in [2.24, 2.45) is 0 Å². The normalized spacial score (nSPS) is 9.81. The summed E-state index contributed by atoms with van der Waals surface area (Å²) in [6.45, 7) is 3.99. The van der Waals surface area contributed by atoms with Crippen LogP contribution in [0.3, 0.4) is 0 Å². The first-order valence-corrected chi connectivity index (χ1v) is 5.41. The summed E-state index contributed by atoms with van der Waals surface area (Å²) in [6, 6.07) is 17.5. The zero-order valence-electron chi connectivity index (χ0n) is 8.78. The molecule has 0 amide bonds. The van der Waals surface area contributed by atoms with Gasteiger partial charge in [-0.3, -0.25) is 0 Å². The van der Waals surface area contributed by atoms with Gasteiger partial charge in [-0.15, -0.1) is 0 Å². The molecule has 0 aliphatic carbocycles. The molecule has 0 aliphatic heterocycles. The van der Waals surface area contributed by atoms with Crippen molar-refractivity contribution in [3.63, 3.8) is 0 Å². The number of hydrogen-bond acceptors (Lipinski definition) is 1. The second-order valence-corrected chi connectivity index (χ2v) is 3.86. The molecule has 80 valence electrons. The van der Waals surface area contributed by atoms with Gasteiger partial charge < -0.3 is 5.32 Å². The van der Waals surface area contributed by atoms with E-state index in [0.717, 1.165) is 16.9 Å². The SMILES string of the molecule is C=C(Nc1ccccc1)c1ccccc1Cl. The van der Waals surface area contributed by atoms with Crippen LogP contribution in [-0.4, -0.2) is 0 Å². The minimum Gasteiger partial charge on any atom is -0.355 e. The molecule has 2 aromatic carbocycles. The Balaban J connectivity index is 2.19. The molecule has 0 aliphatic rings. The maximum Gasteiger partial charge on any atom is 0.0499 e. The van der Waals surface area contributed by atoms with Gasteiger partial charge in [-0.2, -0.15) is 0 Å². The van der Waals surface area contributed by atoms with Gasteiger partial charge in [0.05, 0.1) is 0 Å². The molecule has 0 fully saturated rings. The van der Waals surface area contributed by atoms with E-state index >= 15 is 0 Å². The summed E-state index contributed by atoms with van der Waals surface area (Å²) >= 11 is 6.08. The third-order valence-corrected chi connectivity index (χ3v) is 2.60. The Kier molecular flexibility index (Phi) is 3.28. The lowest BCUT2D eigenvalue weighted by Crippen LogP contribution is -1.97. The zero-order chi connectivity index (χ0) is 11.4. The van der Waals surface area contributed by atoms with Crippen LogP contribution in [0.1, 0.15) is 5.56 Å². The summed E-state index contributed by atoms with van der Waals surface area (Å²) in [4.78, 5) is 0. The number of hydrogen-bond donors (Lipinski definition) is 1. The molecule has 0 heterocycles. The second kappa shape index (κ2) is 4.86. The molecule has 1 nitrogen and oxygen atoms in total. The van der Waals surface area contributed by atoms with Gasteiger partial charge in [-0.05, 0) is 18.2 Å². The lowest BCUT2D eigenvalue weighted by Gasteiger charge is -2.10. The Morgan fingerprint density at radius 1 is 0.938 bits per heavy atom. The molecule has 0 spiro atoms. The van der Waals surface area contributed by atoms with Crippen LogP contribution < -0.4 is 5.32 Å². The van der Waals surface area contributed by atoms with E-state index in [0.29, 0.717) is 5.02 Å². The van der Waals surface area contributed by atoms with Crippen LogP contribution >= 0.6 is 11.6 Å². The smallest absolute Gasteiger partial charge is 0.0499 e. The van der Waals surface area contributed by atoms with Crippen LogP contribution in [0.15, 0.2) is 61.2 Å². The molecule has 0 radical (unpaired) electrons. The Bertz CT molecular complexity index is 491. The molecule has 2 aromatic rings. The highest BCUT2D eigenvalue weighted by atomic mass is 35.5. The van der Waals surface area contributed by atoms with E-state index in [1.165, 1.54) is 0 Å². The third-order valence-electron chi connectivity index (χ3n) is 2.27. The molecule has 1 N–H and O–H groups in total. The quantitative estimate of drug-likeness (QED) is 0.822. The van der Waals surface area contributed by atoms with Gasteiger partial charge in [-0.25, -0.2) is 0 Å². The molecule has 16 heavy (non-hydrogen) atoms. The van der Waals surface area contributed by atoms with Gasteiger partial charge in [0.1, 0.15) is 0 Å². The van der Waals surface area contributed by atoms with E-state index in [9.17, 15) is 0 Å². The Morgan fingerprint density at radius 2 is 1.56 bits per heavy atom. The fourth-order valence-electron chi connectivity index (χ4n) is 1.47. The Hall–Kier alpha value is -1.73. The van der Waals surface area contributed by atoms with Crippen LogP contribution in [0.4, 0.5) is 5.69 Å². The van der Waals surface area contributed by atoms with E-state index in [1.54, 1.807) is 0 Å². The van der Waals surface area contributed by atoms with Crippen molar-refractivity contribution in [1.29, 1.82) is 0 Å². The third kappa shape index (κ3) is 2.44. The van der Waals surface area contributed by atoms with Gasteiger partial charge in [0, 0.05) is 22.0 Å². The molecule has 0 aromatic heterocycles. The number of rotatable bonds is 3. The van der Waals surface area contributed by atoms with Gasteiger partial charge in [0.15, 0.2) is 0 Å². The monoisotopic (exact) mass is 229 g/mol.